The van der Waals surface area contributed by atoms with E-state index in [0.717, 1.165) is 24.5 Å². The normalized spacial score (nSPS) is 16.5. The summed E-state index contributed by atoms with van der Waals surface area (Å²) in [5.74, 6) is -0.197. The summed E-state index contributed by atoms with van der Waals surface area (Å²) >= 11 is 0. The first-order chi connectivity index (χ1) is 6.66. The Morgan fingerprint density at radius 3 is 2.79 bits per heavy atom. The van der Waals surface area contributed by atoms with Gasteiger partial charge in [0.25, 0.3) is 0 Å². The van der Waals surface area contributed by atoms with E-state index in [1.807, 2.05) is 25.3 Å². The van der Waals surface area contributed by atoms with Crippen molar-refractivity contribution in [1.29, 1.82) is 0 Å². The number of rotatable bonds is 2. The van der Waals surface area contributed by atoms with Gasteiger partial charge in [-0.25, -0.2) is 0 Å². The number of carbonyl (C=O) groups is 1. The molecule has 1 amide bonds. The number of primary amides is 1. The summed E-state index contributed by atoms with van der Waals surface area (Å²) in [7, 11) is 0. The number of hydrogen-bond donors (Lipinski definition) is 1. The molecule has 2 N–H and O–H groups in total. The highest BCUT2D eigenvalue weighted by Crippen LogP contribution is 2.23. The third-order valence-corrected chi connectivity index (χ3v) is 2.54. The molecule has 4 heteroatoms. The Hall–Kier alpha value is -1.58. The topological polar surface area (TPSA) is 59.2 Å². The summed E-state index contributed by atoms with van der Waals surface area (Å²) in [6.45, 7) is 3.40. The van der Waals surface area contributed by atoms with Crippen LogP contribution in [0.4, 0.5) is 5.69 Å². The van der Waals surface area contributed by atoms with Gasteiger partial charge in [-0.3, -0.25) is 9.78 Å². The van der Waals surface area contributed by atoms with Crippen molar-refractivity contribution in [3.8, 4) is 0 Å². The third kappa shape index (κ3) is 1.55. The van der Waals surface area contributed by atoms with Gasteiger partial charge in [-0.1, -0.05) is 0 Å². The molecule has 2 heterocycles. The second-order valence-electron chi connectivity index (χ2n) is 3.66. The summed E-state index contributed by atoms with van der Waals surface area (Å²) in [5, 5.41) is 0. The van der Waals surface area contributed by atoms with Gasteiger partial charge in [-0.2, -0.15) is 0 Å². The van der Waals surface area contributed by atoms with Gasteiger partial charge in [0.2, 0.25) is 5.91 Å². The molecule has 1 aliphatic rings. The van der Waals surface area contributed by atoms with Gasteiger partial charge < -0.3 is 10.6 Å². The van der Waals surface area contributed by atoms with E-state index in [-0.39, 0.29) is 11.8 Å². The zero-order chi connectivity index (χ0) is 10.1. The van der Waals surface area contributed by atoms with Crippen molar-refractivity contribution in [2.75, 3.05) is 18.0 Å². The monoisotopic (exact) mass is 191 g/mol. The van der Waals surface area contributed by atoms with Crippen LogP contribution in [0, 0.1) is 12.8 Å². The van der Waals surface area contributed by atoms with E-state index in [9.17, 15) is 4.79 Å². The van der Waals surface area contributed by atoms with Gasteiger partial charge in [0, 0.05) is 18.8 Å². The molecule has 1 saturated heterocycles. The lowest BCUT2D eigenvalue weighted by Gasteiger charge is -2.38. The van der Waals surface area contributed by atoms with Gasteiger partial charge in [0.1, 0.15) is 0 Å². The molecule has 1 aliphatic heterocycles. The Morgan fingerprint density at radius 2 is 2.29 bits per heavy atom. The smallest absolute Gasteiger partial charge is 0.224 e. The van der Waals surface area contributed by atoms with Gasteiger partial charge in [0.15, 0.2) is 0 Å². The largest absolute Gasteiger partial charge is 0.369 e. The van der Waals surface area contributed by atoms with Crippen molar-refractivity contribution in [3.05, 3.63) is 24.0 Å². The molecule has 0 saturated carbocycles. The van der Waals surface area contributed by atoms with E-state index >= 15 is 0 Å². The van der Waals surface area contributed by atoms with E-state index in [0.29, 0.717) is 0 Å². The molecule has 0 aliphatic carbocycles. The van der Waals surface area contributed by atoms with Crippen LogP contribution in [0.3, 0.4) is 0 Å². The number of hydrogen-bond acceptors (Lipinski definition) is 3. The van der Waals surface area contributed by atoms with E-state index in [2.05, 4.69) is 9.88 Å². The fourth-order valence-corrected chi connectivity index (χ4v) is 1.52. The Balaban J connectivity index is 2.00. The van der Waals surface area contributed by atoms with Crippen molar-refractivity contribution in [2.45, 2.75) is 6.92 Å². The highest BCUT2D eigenvalue weighted by molar-refractivity contribution is 5.80. The quantitative estimate of drug-likeness (QED) is 0.732. The molecule has 1 aromatic heterocycles. The van der Waals surface area contributed by atoms with Crippen LogP contribution in [-0.2, 0) is 4.79 Å². The predicted octanol–water partition coefficient (Wildman–Crippen LogP) is 0.312. The van der Waals surface area contributed by atoms with Crippen molar-refractivity contribution in [2.24, 2.45) is 11.7 Å². The first-order valence-electron chi connectivity index (χ1n) is 4.64. The summed E-state index contributed by atoms with van der Waals surface area (Å²) in [6, 6.07) is 3.98. The maximum Gasteiger partial charge on any atom is 0.224 e. The van der Waals surface area contributed by atoms with Gasteiger partial charge in [-0.15, -0.1) is 0 Å². The molecular weight excluding hydrogens is 178 g/mol. The number of pyridine rings is 1. The standard InChI is InChI=1S/C10H13N3O/c1-7-2-3-9(4-12-7)13-5-8(6-13)10(11)14/h2-4,8H,5-6H2,1H3,(H2,11,14). The van der Waals surface area contributed by atoms with Crippen LogP contribution < -0.4 is 10.6 Å². The molecule has 1 fully saturated rings. The van der Waals surface area contributed by atoms with Crippen LogP contribution in [0.1, 0.15) is 5.69 Å². The summed E-state index contributed by atoms with van der Waals surface area (Å²) in [6.07, 6.45) is 1.83. The lowest BCUT2D eigenvalue weighted by molar-refractivity contribution is -0.122. The minimum atomic E-state index is -0.207. The van der Waals surface area contributed by atoms with Gasteiger partial charge in [-0.05, 0) is 19.1 Å². The van der Waals surface area contributed by atoms with E-state index < -0.39 is 0 Å². The highest BCUT2D eigenvalue weighted by Gasteiger charge is 2.31. The average molecular weight is 191 g/mol. The summed E-state index contributed by atoms with van der Waals surface area (Å²) in [5.41, 5.74) is 7.24. The highest BCUT2D eigenvalue weighted by atomic mass is 16.1. The number of nitrogens with zero attached hydrogens (tertiary/aromatic N) is 2. The van der Waals surface area contributed by atoms with Crippen molar-refractivity contribution >= 4 is 11.6 Å². The molecule has 4 nitrogen and oxygen atoms in total. The Bertz CT molecular complexity index is 341. The molecule has 0 radical (unpaired) electrons. The lowest BCUT2D eigenvalue weighted by atomic mass is 9.99. The predicted molar refractivity (Wildman–Crippen MR) is 53.9 cm³/mol. The lowest BCUT2D eigenvalue weighted by Crippen LogP contribution is -2.52. The molecule has 0 spiro atoms. The average Bonchev–Trinajstić information content (AvgIpc) is 2.05. The molecule has 74 valence electrons. The Morgan fingerprint density at radius 1 is 1.57 bits per heavy atom. The third-order valence-electron chi connectivity index (χ3n) is 2.54. The first-order valence-corrected chi connectivity index (χ1v) is 4.64. The summed E-state index contributed by atoms with van der Waals surface area (Å²) in [4.78, 5) is 17.1. The number of aryl methyl sites for hydroxylation is 1. The number of aromatic nitrogens is 1. The van der Waals surface area contributed by atoms with E-state index in [1.165, 1.54) is 0 Å². The first kappa shape index (κ1) is 8.99. The molecule has 0 aromatic carbocycles. The zero-order valence-electron chi connectivity index (χ0n) is 8.10. The van der Waals surface area contributed by atoms with Gasteiger partial charge in [0.05, 0.1) is 17.8 Å². The maximum atomic E-state index is 10.8. The van der Waals surface area contributed by atoms with E-state index in [1.54, 1.807) is 0 Å². The molecule has 1 aromatic rings. The minimum absolute atomic E-state index is 0.0105. The summed E-state index contributed by atoms with van der Waals surface area (Å²) < 4.78 is 0. The molecule has 14 heavy (non-hydrogen) atoms. The molecule has 0 bridgehead atoms. The van der Waals surface area contributed by atoms with Gasteiger partial charge >= 0.3 is 0 Å². The van der Waals surface area contributed by atoms with Crippen LogP contribution in [0.25, 0.3) is 0 Å². The zero-order valence-corrected chi connectivity index (χ0v) is 8.10. The number of carbonyl (C=O) groups excluding carboxylic acids is 1. The fourth-order valence-electron chi connectivity index (χ4n) is 1.52. The second-order valence-corrected chi connectivity index (χ2v) is 3.66. The van der Waals surface area contributed by atoms with E-state index in [4.69, 9.17) is 5.73 Å². The number of anilines is 1. The minimum Gasteiger partial charge on any atom is -0.369 e. The second kappa shape index (κ2) is 3.29. The number of nitrogens with two attached hydrogens (primary N) is 1. The SMILES string of the molecule is Cc1ccc(N2CC(C(N)=O)C2)cn1. The van der Waals surface area contributed by atoms with Crippen molar-refractivity contribution in [3.63, 3.8) is 0 Å². The van der Waals surface area contributed by atoms with Crippen LogP contribution in [0.2, 0.25) is 0 Å². The number of amides is 1. The van der Waals surface area contributed by atoms with Crippen molar-refractivity contribution < 1.29 is 4.79 Å². The molecule has 2 rings (SSSR count). The fraction of sp³-hybridized carbons (Fsp3) is 0.400. The Labute approximate surface area is 82.7 Å². The molecular formula is C10H13N3O. The van der Waals surface area contributed by atoms with Crippen LogP contribution in [0.5, 0.6) is 0 Å². The van der Waals surface area contributed by atoms with Crippen LogP contribution >= 0.6 is 0 Å². The van der Waals surface area contributed by atoms with Crippen LogP contribution in [0.15, 0.2) is 18.3 Å². The molecule has 0 atom stereocenters. The maximum absolute atomic E-state index is 10.8. The van der Waals surface area contributed by atoms with Crippen LogP contribution in [-0.4, -0.2) is 24.0 Å². The molecule has 0 unspecified atom stereocenters. The Kier molecular flexibility index (Phi) is 2.11. The van der Waals surface area contributed by atoms with Crippen molar-refractivity contribution in [1.82, 2.24) is 4.98 Å².